The molecular formula is C29H26Br3N3O5. The Hall–Kier alpha value is -3.02. The van der Waals surface area contributed by atoms with Gasteiger partial charge in [-0.3, -0.25) is 4.79 Å². The zero-order chi connectivity index (χ0) is 29.0. The van der Waals surface area contributed by atoms with Crippen LogP contribution in [0.1, 0.15) is 60.4 Å². The third-order valence-electron chi connectivity index (χ3n) is 6.24. The number of halogens is 3. The molecule has 0 fully saturated rings. The highest BCUT2D eigenvalue weighted by molar-refractivity contribution is 9.13. The Morgan fingerprint density at radius 2 is 1.80 bits per heavy atom. The number of ether oxygens (including phenoxy) is 2. The summed E-state index contributed by atoms with van der Waals surface area (Å²) >= 11 is 10.7. The zero-order valence-corrected chi connectivity index (χ0v) is 26.7. The Bertz CT molecular complexity index is 1650. The quantitative estimate of drug-likeness (QED) is 0.167. The van der Waals surface area contributed by atoms with Crippen LogP contribution in [0.15, 0.2) is 71.8 Å². The van der Waals surface area contributed by atoms with Crippen molar-refractivity contribution in [1.82, 2.24) is 9.66 Å². The van der Waals surface area contributed by atoms with Gasteiger partial charge in [0.1, 0.15) is 12.4 Å². The van der Waals surface area contributed by atoms with E-state index in [1.54, 1.807) is 30.5 Å². The van der Waals surface area contributed by atoms with Crippen LogP contribution in [0.3, 0.4) is 0 Å². The first-order valence-electron chi connectivity index (χ1n) is 12.5. The molecule has 11 heteroatoms. The van der Waals surface area contributed by atoms with Gasteiger partial charge in [-0.05, 0) is 87.2 Å². The summed E-state index contributed by atoms with van der Waals surface area (Å²) in [6.07, 6.45) is 2.38. The Morgan fingerprint density at radius 1 is 1.07 bits per heavy atom. The van der Waals surface area contributed by atoms with Crippen molar-refractivity contribution in [1.29, 1.82) is 0 Å². The molecule has 4 aromatic rings. The van der Waals surface area contributed by atoms with Crippen LogP contribution in [0.5, 0.6) is 11.5 Å². The summed E-state index contributed by atoms with van der Waals surface area (Å²) in [6, 6.07) is 13.7. The zero-order valence-electron chi connectivity index (χ0n) is 22.0. The molecule has 0 radical (unpaired) electrons. The Balaban J connectivity index is 1.72. The van der Waals surface area contributed by atoms with Crippen LogP contribution >= 0.6 is 47.8 Å². The minimum Gasteiger partial charge on any atom is -0.490 e. The van der Waals surface area contributed by atoms with Crippen molar-refractivity contribution in [3.05, 3.63) is 94.8 Å². The van der Waals surface area contributed by atoms with Crippen LogP contribution in [0.2, 0.25) is 0 Å². The van der Waals surface area contributed by atoms with Gasteiger partial charge in [-0.25, -0.2) is 9.78 Å². The highest BCUT2D eigenvalue weighted by Gasteiger charge is 2.19. The molecule has 208 valence electrons. The van der Waals surface area contributed by atoms with Crippen molar-refractivity contribution in [3.8, 4) is 11.5 Å². The molecule has 3 aromatic carbocycles. The molecule has 0 spiro atoms. The van der Waals surface area contributed by atoms with Gasteiger partial charge >= 0.3 is 5.97 Å². The standard InChI is InChI=1S/C29H26Br3N3O5/c1-4-16(3)27-34-22-11-10-20(30)13-21(22)28(36)35(27)33-14-19-12-23(39-5-2)26(25(32)24(19)31)40-15-17-6-8-18(9-7-17)29(37)38/h6-14,16H,4-5,15H2,1-3H3,(H,37,38)/t16-/m1/s1. The van der Waals surface area contributed by atoms with Crippen LogP contribution in [-0.4, -0.2) is 33.6 Å². The number of hydrogen-bond acceptors (Lipinski definition) is 6. The molecule has 1 heterocycles. The second-order valence-electron chi connectivity index (χ2n) is 8.95. The second-order valence-corrected chi connectivity index (χ2v) is 11.4. The van der Waals surface area contributed by atoms with E-state index >= 15 is 0 Å². The number of rotatable bonds is 10. The van der Waals surface area contributed by atoms with Gasteiger partial charge in [0.25, 0.3) is 5.56 Å². The molecule has 0 aliphatic heterocycles. The lowest BCUT2D eigenvalue weighted by Gasteiger charge is -2.17. The first kappa shape index (κ1) is 30.0. The third kappa shape index (κ3) is 6.47. The molecule has 0 amide bonds. The molecule has 1 aromatic heterocycles. The van der Waals surface area contributed by atoms with E-state index in [2.05, 4.69) is 52.9 Å². The number of carboxylic acid groups (broad SMARTS) is 1. The summed E-state index contributed by atoms with van der Waals surface area (Å²) in [5.74, 6) is 0.556. The number of carboxylic acids is 1. The average molecular weight is 736 g/mol. The molecule has 0 aliphatic carbocycles. The fourth-order valence-corrected chi connectivity index (χ4v) is 5.19. The van der Waals surface area contributed by atoms with Gasteiger partial charge in [-0.2, -0.15) is 9.78 Å². The summed E-state index contributed by atoms with van der Waals surface area (Å²) < 4.78 is 15.4. The Morgan fingerprint density at radius 3 is 2.45 bits per heavy atom. The monoisotopic (exact) mass is 733 g/mol. The molecule has 1 atom stereocenters. The van der Waals surface area contributed by atoms with Crippen LogP contribution < -0.4 is 15.0 Å². The van der Waals surface area contributed by atoms with E-state index < -0.39 is 5.97 Å². The van der Waals surface area contributed by atoms with Gasteiger partial charge < -0.3 is 14.6 Å². The highest BCUT2D eigenvalue weighted by Crippen LogP contribution is 2.43. The lowest BCUT2D eigenvalue weighted by molar-refractivity contribution is 0.0697. The molecule has 0 saturated carbocycles. The second kappa shape index (κ2) is 13.1. The number of aromatic nitrogens is 2. The molecule has 8 nitrogen and oxygen atoms in total. The van der Waals surface area contributed by atoms with Crippen molar-refractivity contribution >= 4 is 70.9 Å². The van der Waals surface area contributed by atoms with Gasteiger partial charge in [0.05, 0.1) is 33.8 Å². The largest absolute Gasteiger partial charge is 0.490 e. The van der Waals surface area contributed by atoms with E-state index in [9.17, 15) is 9.59 Å². The van der Waals surface area contributed by atoms with Crippen molar-refractivity contribution in [2.75, 3.05) is 6.61 Å². The van der Waals surface area contributed by atoms with E-state index in [0.717, 1.165) is 16.5 Å². The van der Waals surface area contributed by atoms with Gasteiger partial charge in [-0.1, -0.05) is 41.9 Å². The van der Waals surface area contributed by atoms with Crippen molar-refractivity contribution in [2.45, 2.75) is 39.7 Å². The Kier molecular flexibility index (Phi) is 9.81. The molecule has 4 rings (SSSR count). The van der Waals surface area contributed by atoms with E-state index in [-0.39, 0.29) is 23.6 Å². The number of hydrogen-bond donors (Lipinski definition) is 1. The molecular weight excluding hydrogens is 710 g/mol. The first-order chi connectivity index (χ1) is 19.1. The van der Waals surface area contributed by atoms with Crippen LogP contribution in [0.25, 0.3) is 10.9 Å². The van der Waals surface area contributed by atoms with Crippen molar-refractivity contribution in [2.24, 2.45) is 5.10 Å². The molecule has 0 aliphatic rings. The molecule has 0 bridgehead atoms. The third-order valence-corrected chi connectivity index (χ3v) is 8.87. The number of benzene rings is 3. The Labute approximate surface area is 256 Å². The maximum Gasteiger partial charge on any atom is 0.335 e. The maximum atomic E-state index is 13.5. The van der Waals surface area contributed by atoms with E-state index in [4.69, 9.17) is 19.6 Å². The summed E-state index contributed by atoms with van der Waals surface area (Å²) in [5.41, 5.74) is 2.03. The molecule has 0 saturated heterocycles. The number of aromatic carboxylic acids is 1. The van der Waals surface area contributed by atoms with E-state index in [1.807, 2.05) is 32.9 Å². The number of nitrogens with zero attached hydrogens (tertiary/aromatic N) is 3. The lowest BCUT2D eigenvalue weighted by Crippen LogP contribution is -2.23. The average Bonchev–Trinajstić information content (AvgIpc) is 2.94. The van der Waals surface area contributed by atoms with Crippen LogP contribution in [-0.2, 0) is 6.61 Å². The van der Waals surface area contributed by atoms with Gasteiger partial charge in [-0.15, -0.1) is 0 Å². The predicted octanol–water partition coefficient (Wildman–Crippen LogP) is 7.76. The van der Waals surface area contributed by atoms with Gasteiger partial charge in [0, 0.05) is 20.4 Å². The fraction of sp³-hybridized carbons (Fsp3) is 0.241. The summed E-state index contributed by atoms with van der Waals surface area (Å²) in [4.78, 5) is 29.4. The maximum absolute atomic E-state index is 13.5. The minimum atomic E-state index is -0.985. The first-order valence-corrected chi connectivity index (χ1v) is 14.9. The van der Waals surface area contributed by atoms with Gasteiger partial charge in [0.2, 0.25) is 0 Å². The molecule has 0 unspecified atom stereocenters. The summed E-state index contributed by atoms with van der Waals surface area (Å²) in [7, 11) is 0. The summed E-state index contributed by atoms with van der Waals surface area (Å²) in [5, 5.41) is 14.2. The van der Waals surface area contributed by atoms with Crippen molar-refractivity contribution in [3.63, 3.8) is 0 Å². The fourth-order valence-electron chi connectivity index (χ4n) is 3.89. The number of fused-ring (bicyclic) bond motifs is 1. The highest BCUT2D eigenvalue weighted by atomic mass is 79.9. The van der Waals surface area contributed by atoms with E-state index in [1.165, 1.54) is 16.8 Å². The lowest BCUT2D eigenvalue weighted by atomic mass is 10.1. The van der Waals surface area contributed by atoms with Crippen LogP contribution in [0, 0.1) is 0 Å². The SMILES string of the molecule is CCOc1cc(C=Nn2c([C@H](C)CC)nc3ccc(Br)cc3c2=O)c(Br)c(Br)c1OCc1ccc(C(=O)O)cc1. The van der Waals surface area contributed by atoms with Crippen molar-refractivity contribution < 1.29 is 19.4 Å². The molecule has 40 heavy (non-hydrogen) atoms. The molecule has 1 N–H and O–H groups in total. The van der Waals surface area contributed by atoms with Crippen LogP contribution in [0.4, 0.5) is 0 Å². The normalized spacial score (nSPS) is 12.2. The summed E-state index contributed by atoms with van der Waals surface area (Å²) in [6.45, 7) is 6.52. The number of carbonyl (C=O) groups is 1. The van der Waals surface area contributed by atoms with Gasteiger partial charge in [0.15, 0.2) is 11.5 Å². The smallest absolute Gasteiger partial charge is 0.335 e. The topological polar surface area (TPSA) is 103 Å². The predicted molar refractivity (Wildman–Crippen MR) is 166 cm³/mol. The van der Waals surface area contributed by atoms with E-state index in [0.29, 0.717) is 49.3 Å². The minimum absolute atomic E-state index is 0.00685.